The van der Waals surface area contributed by atoms with E-state index in [1.165, 1.54) is 6.26 Å². The molecule has 2 aliphatic rings. The van der Waals surface area contributed by atoms with E-state index in [0.717, 1.165) is 25.0 Å². The van der Waals surface area contributed by atoms with Gasteiger partial charge in [0.1, 0.15) is 17.8 Å². The number of nitrogens with one attached hydrogen (secondary N) is 1. The van der Waals surface area contributed by atoms with E-state index in [1.54, 1.807) is 17.9 Å². The fraction of sp³-hybridized carbons (Fsp3) is 0.474. The van der Waals surface area contributed by atoms with E-state index in [2.05, 4.69) is 9.97 Å². The highest BCUT2D eigenvalue weighted by Gasteiger charge is 2.32. The topological polar surface area (TPSA) is 96.3 Å². The predicted octanol–water partition coefficient (Wildman–Crippen LogP) is 2.21. The molecular formula is C19H21N3O4. The minimum Gasteiger partial charge on any atom is -0.468 e. The van der Waals surface area contributed by atoms with Gasteiger partial charge in [0, 0.05) is 37.9 Å². The molecule has 4 rings (SSSR count). The zero-order valence-corrected chi connectivity index (χ0v) is 14.7. The van der Waals surface area contributed by atoms with Crippen LogP contribution in [-0.2, 0) is 6.42 Å². The monoisotopic (exact) mass is 355 g/mol. The standard InChI is InChI=1S/C19H21N3O4/c1-11-20-14(9-17(24)21-11)12-5-7-22(8-6-12)19(25)13-10-26-16-4-2-3-15(23)18(13)16/h9-10,12H,2-8H2,1H3,(H,20,21,24). The first-order valence-corrected chi connectivity index (χ1v) is 9.03. The molecule has 0 unspecified atom stereocenters. The van der Waals surface area contributed by atoms with Gasteiger partial charge in [0.15, 0.2) is 5.78 Å². The fourth-order valence-electron chi connectivity index (χ4n) is 3.94. The second-order valence-corrected chi connectivity index (χ2v) is 7.05. The van der Waals surface area contributed by atoms with Gasteiger partial charge in [-0.3, -0.25) is 14.4 Å². The van der Waals surface area contributed by atoms with Crippen molar-refractivity contribution in [2.75, 3.05) is 13.1 Å². The summed E-state index contributed by atoms with van der Waals surface area (Å²) < 4.78 is 5.47. The molecule has 0 spiro atoms. The minimum absolute atomic E-state index is 0.00132. The first-order chi connectivity index (χ1) is 12.5. The summed E-state index contributed by atoms with van der Waals surface area (Å²) in [6.45, 7) is 2.92. The fourth-order valence-corrected chi connectivity index (χ4v) is 3.94. The first-order valence-electron chi connectivity index (χ1n) is 9.03. The van der Waals surface area contributed by atoms with E-state index in [0.29, 0.717) is 48.6 Å². The van der Waals surface area contributed by atoms with Gasteiger partial charge in [-0.2, -0.15) is 0 Å². The summed E-state index contributed by atoms with van der Waals surface area (Å²) in [5.74, 6) is 1.28. The number of fused-ring (bicyclic) bond motifs is 1. The molecule has 0 bridgehead atoms. The van der Waals surface area contributed by atoms with Crippen LogP contribution >= 0.6 is 0 Å². The molecule has 1 fully saturated rings. The third kappa shape index (κ3) is 2.98. The Morgan fingerprint density at radius 3 is 2.77 bits per heavy atom. The van der Waals surface area contributed by atoms with Crippen LogP contribution in [0, 0.1) is 6.92 Å². The van der Waals surface area contributed by atoms with Crippen LogP contribution in [0.5, 0.6) is 0 Å². The molecule has 0 atom stereocenters. The third-order valence-electron chi connectivity index (χ3n) is 5.26. The minimum atomic E-state index is -0.144. The number of furan rings is 1. The van der Waals surface area contributed by atoms with Crippen molar-refractivity contribution in [3.05, 3.63) is 51.1 Å². The number of carbonyl (C=O) groups excluding carboxylic acids is 2. The lowest BCUT2D eigenvalue weighted by Gasteiger charge is -2.31. The summed E-state index contributed by atoms with van der Waals surface area (Å²) in [4.78, 5) is 45.6. The maximum absolute atomic E-state index is 12.9. The number of aromatic nitrogens is 2. The number of aryl methyl sites for hydroxylation is 2. The van der Waals surface area contributed by atoms with E-state index < -0.39 is 0 Å². The molecular weight excluding hydrogens is 334 g/mol. The maximum Gasteiger partial charge on any atom is 0.257 e. The van der Waals surface area contributed by atoms with Gasteiger partial charge in [0.2, 0.25) is 0 Å². The number of Topliss-reactive ketones (excluding diaryl/α,β-unsaturated/α-hetero) is 1. The summed E-state index contributed by atoms with van der Waals surface area (Å²) >= 11 is 0. The second-order valence-electron chi connectivity index (χ2n) is 7.05. The van der Waals surface area contributed by atoms with Crippen LogP contribution in [0.25, 0.3) is 0 Å². The van der Waals surface area contributed by atoms with Gasteiger partial charge in [-0.25, -0.2) is 4.98 Å². The zero-order valence-electron chi connectivity index (χ0n) is 14.7. The van der Waals surface area contributed by atoms with Gasteiger partial charge in [-0.15, -0.1) is 0 Å². The maximum atomic E-state index is 12.9. The van der Waals surface area contributed by atoms with Gasteiger partial charge in [-0.05, 0) is 26.2 Å². The molecule has 2 aromatic rings. The van der Waals surface area contributed by atoms with Crippen LogP contribution in [0.2, 0.25) is 0 Å². The number of nitrogens with zero attached hydrogens (tertiary/aromatic N) is 2. The number of hydrogen-bond donors (Lipinski definition) is 1. The van der Waals surface area contributed by atoms with Crippen molar-refractivity contribution in [1.29, 1.82) is 0 Å². The SMILES string of the molecule is Cc1nc(C2CCN(C(=O)c3coc4c3C(=O)CCC4)CC2)cc(=O)[nH]1. The highest BCUT2D eigenvalue weighted by Crippen LogP contribution is 2.30. The van der Waals surface area contributed by atoms with E-state index in [1.807, 2.05) is 0 Å². The normalized spacial score (nSPS) is 18.0. The number of carbonyl (C=O) groups is 2. The van der Waals surface area contributed by atoms with Crippen LogP contribution in [0.4, 0.5) is 0 Å². The summed E-state index contributed by atoms with van der Waals surface area (Å²) in [5.41, 5.74) is 1.52. The van der Waals surface area contributed by atoms with Gasteiger partial charge in [0.05, 0.1) is 16.8 Å². The molecule has 1 aliphatic heterocycles. The number of aromatic amines is 1. The smallest absolute Gasteiger partial charge is 0.257 e. The van der Waals surface area contributed by atoms with Gasteiger partial charge in [0.25, 0.3) is 11.5 Å². The quantitative estimate of drug-likeness (QED) is 0.891. The summed E-state index contributed by atoms with van der Waals surface area (Å²) in [6, 6.07) is 1.54. The number of likely N-dealkylation sites (tertiary alicyclic amines) is 1. The van der Waals surface area contributed by atoms with Crippen LogP contribution in [0.1, 0.15) is 69.6 Å². The molecule has 2 aromatic heterocycles. The lowest BCUT2D eigenvalue weighted by Crippen LogP contribution is -2.38. The molecule has 26 heavy (non-hydrogen) atoms. The lowest BCUT2D eigenvalue weighted by molar-refractivity contribution is 0.0706. The van der Waals surface area contributed by atoms with E-state index in [9.17, 15) is 14.4 Å². The Labute approximate surface area is 150 Å². The zero-order chi connectivity index (χ0) is 18.3. The Hall–Kier alpha value is -2.70. The summed E-state index contributed by atoms with van der Waals surface area (Å²) in [5, 5.41) is 0. The summed E-state index contributed by atoms with van der Waals surface area (Å²) in [7, 11) is 0. The van der Waals surface area contributed by atoms with Crippen molar-refractivity contribution in [3.8, 4) is 0 Å². The molecule has 1 N–H and O–H groups in total. The average molecular weight is 355 g/mol. The van der Waals surface area contributed by atoms with Crippen LogP contribution in [0.15, 0.2) is 21.5 Å². The number of piperidine rings is 1. The van der Waals surface area contributed by atoms with E-state index >= 15 is 0 Å². The second kappa shape index (κ2) is 6.55. The van der Waals surface area contributed by atoms with Crippen molar-refractivity contribution in [3.63, 3.8) is 0 Å². The Balaban J connectivity index is 1.48. The van der Waals surface area contributed by atoms with Gasteiger partial charge in [-0.1, -0.05) is 0 Å². The number of rotatable bonds is 2. The molecule has 1 amide bonds. The molecule has 136 valence electrons. The Morgan fingerprint density at radius 1 is 1.27 bits per heavy atom. The Bertz CT molecular complexity index is 919. The molecule has 0 saturated carbocycles. The van der Waals surface area contributed by atoms with Crippen molar-refractivity contribution >= 4 is 11.7 Å². The predicted molar refractivity (Wildman–Crippen MR) is 93.4 cm³/mol. The summed E-state index contributed by atoms with van der Waals surface area (Å²) in [6.07, 6.45) is 4.89. The van der Waals surface area contributed by atoms with Crippen molar-refractivity contribution in [1.82, 2.24) is 14.9 Å². The number of hydrogen-bond acceptors (Lipinski definition) is 5. The molecule has 0 radical (unpaired) electrons. The molecule has 1 aliphatic carbocycles. The van der Waals surface area contributed by atoms with E-state index in [-0.39, 0.29) is 23.2 Å². The average Bonchev–Trinajstić information content (AvgIpc) is 3.06. The van der Waals surface area contributed by atoms with Crippen molar-refractivity contribution in [2.45, 2.75) is 44.9 Å². The molecule has 0 aromatic carbocycles. The van der Waals surface area contributed by atoms with Crippen LogP contribution in [-0.4, -0.2) is 39.6 Å². The number of amides is 1. The van der Waals surface area contributed by atoms with Gasteiger partial charge >= 0.3 is 0 Å². The highest BCUT2D eigenvalue weighted by atomic mass is 16.3. The molecule has 1 saturated heterocycles. The molecule has 3 heterocycles. The molecule has 7 nitrogen and oxygen atoms in total. The largest absolute Gasteiger partial charge is 0.468 e. The van der Waals surface area contributed by atoms with Crippen LogP contribution < -0.4 is 5.56 Å². The lowest BCUT2D eigenvalue weighted by atomic mass is 9.91. The van der Waals surface area contributed by atoms with E-state index in [4.69, 9.17) is 4.42 Å². The Morgan fingerprint density at radius 2 is 2.04 bits per heavy atom. The number of H-pyrrole nitrogens is 1. The first kappa shape index (κ1) is 16.8. The highest BCUT2D eigenvalue weighted by molar-refractivity contribution is 6.09. The van der Waals surface area contributed by atoms with Crippen molar-refractivity contribution in [2.24, 2.45) is 0 Å². The number of ketones is 1. The van der Waals surface area contributed by atoms with Crippen molar-refractivity contribution < 1.29 is 14.0 Å². The molecule has 7 heteroatoms. The Kier molecular flexibility index (Phi) is 4.22. The van der Waals surface area contributed by atoms with Crippen LogP contribution in [0.3, 0.4) is 0 Å². The van der Waals surface area contributed by atoms with Gasteiger partial charge < -0.3 is 14.3 Å². The third-order valence-corrected chi connectivity index (χ3v) is 5.26.